The SMILES string of the molecule is C1COC2CCOCCC2N1. The van der Waals surface area contributed by atoms with E-state index in [9.17, 15) is 0 Å². The summed E-state index contributed by atoms with van der Waals surface area (Å²) in [7, 11) is 0. The number of fused-ring (bicyclic) bond motifs is 1. The predicted octanol–water partition coefficient (Wildman–Crippen LogP) is 0.154. The zero-order valence-electron chi connectivity index (χ0n) is 6.71. The van der Waals surface area contributed by atoms with E-state index in [0.717, 1.165) is 39.2 Å². The van der Waals surface area contributed by atoms with E-state index < -0.39 is 0 Å². The molecule has 2 fully saturated rings. The van der Waals surface area contributed by atoms with Gasteiger partial charge in [-0.1, -0.05) is 0 Å². The minimum Gasteiger partial charge on any atom is -0.381 e. The van der Waals surface area contributed by atoms with Gasteiger partial charge in [-0.15, -0.1) is 0 Å². The van der Waals surface area contributed by atoms with Gasteiger partial charge >= 0.3 is 0 Å². The quantitative estimate of drug-likeness (QED) is 0.543. The maximum atomic E-state index is 5.62. The highest BCUT2D eigenvalue weighted by Crippen LogP contribution is 2.15. The Morgan fingerprint density at radius 1 is 1.09 bits per heavy atom. The van der Waals surface area contributed by atoms with E-state index >= 15 is 0 Å². The van der Waals surface area contributed by atoms with Crippen molar-refractivity contribution in [3.8, 4) is 0 Å². The van der Waals surface area contributed by atoms with Crippen LogP contribution in [-0.4, -0.2) is 38.5 Å². The molecule has 0 aromatic rings. The van der Waals surface area contributed by atoms with Crippen molar-refractivity contribution >= 4 is 0 Å². The molecule has 0 radical (unpaired) electrons. The minimum atomic E-state index is 0.409. The summed E-state index contributed by atoms with van der Waals surface area (Å²) in [4.78, 5) is 0. The van der Waals surface area contributed by atoms with Crippen molar-refractivity contribution in [3.63, 3.8) is 0 Å². The van der Waals surface area contributed by atoms with Crippen LogP contribution < -0.4 is 5.32 Å². The number of ether oxygens (including phenoxy) is 2. The van der Waals surface area contributed by atoms with Crippen molar-refractivity contribution < 1.29 is 9.47 Å². The second-order valence-corrected chi connectivity index (χ2v) is 3.16. The number of nitrogens with one attached hydrogen (secondary N) is 1. The van der Waals surface area contributed by atoms with E-state index in [1.54, 1.807) is 0 Å². The van der Waals surface area contributed by atoms with Gasteiger partial charge in [-0.2, -0.15) is 0 Å². The van der Waals surface area contributed by atoms with Crippen LogP contribution in [0, 0.1) is 0 Å². The maximum Gasteiger partial charge on any atom is 0.0751 e. The lowest BCUT2D eigenvalue weighted by atomic mass is 10.1. The van der Waals surface area contributed by atoms with Gasteiger partial charge in [0.15, 0.2) is 0 Å². The van der Waals surface area contributed by atoms with Crippen LogP contribution in [0.3, 0.4) is 0 Å². The summed E-state index contributed by atoms with van der Waals surface area (Å²) < 4.78 is 11.0. The molecule has 3 heteroatoms. The minimum absolute atomic E-state index is 0.409. The molecular weight excluding hydrogens is 142 g/mol. The van der Waals surface area contributed by atoms with Gasteiger partial charge in [-0.25, -0.2) is 0 Å². The van der Waals surface area contributed by atoms with E-state index in [-0.39, 0.29) is 0 Å². The molecule has 11 heavy (non-hydrogen) atoms. The number of rotatable bonds is 0. The summed E-state index contributed by atoms with van der Waals surface area (Å²) in [5, 5.41) is 3.46. The first-order valence-electron chi connectivity index (χ1n) is 4.39. The largest absolute Gasteiger partial charge is 0.381 e. The zero-order valence-corrected chi connectivity index (χ0v) is 6.71. The Bertz CT molecular complexity index is 115. The molecule has 0 aromatic heterocycles. The number of hydrogen-bond donors (Lipinski definition) is 1. The average Bonchev–Trinajstić information content (AvgIpc) is 2.28. The third-order valence-corrected chi connectivity index (χ3v) is 2.41. The summed E-state index contributed by atoms with van der Waals surface area (Å²) in [6.45, 7) is 3.61. The standard InChI is InChI=1S/C8H15NO2/c1-4-10-5-2-8-7(1)9-3-6-11-8/h7-9H,1-6H2. The molecular formula is C8H15NO2. The molecule has 2 atom stereocenters. The lowest BCUT2D eigenvalue weighted by molar-refractivity contribution is -0.00696. The van der Waals surface area contributed by atoms with Crippen LogP contribution in [0.4, 0.5) is 0 Å². The van der Waals surface area contributed by atoms with Gasteiger partial charge in [0.25, 0.3) is 0 Å². The fourth-order valence-corrected chi connectivity index (χ4v) is 1.79. The third kappa shape index (κ3) is 1.72. The van der Waals surface area contributed by atoms with Crippen LogP contribution >= 0.6 is 0 Å². The molecule has 2 rings (SSSR count). The first-order chi connectivity index (χ1) is 5.47. The van der Waals surface area contributed by atoms with Crippen LogP contribution in [0.2, 0.25) is 0 Å². The molecule has 2 heterocycles. The van der Waals surface area contributed by atoms with Crippen molar-refractivity contribution in [2.45, 2.75) is 25.0 Å². The topological polar surface area (TPSA) is 30.5 Å². The first kappa shape index (κ1) is 7.53. The molecule has 0 amide bonds. The molecule has 2 saturated heterocycles. The Hall–Kier alpha value is -0.120. The fourth-order valence-electron chi connectivity index (χ4n) is 1.79. The van der Waals surface area contributed by atoms with Gasteiger partial charge in [0.1, 0.15) is 0 Å². The lowest BCUT2D eigenvalue weighted by Crippen LogP contribution is -2.48. The van der Waals surface area contributed by atoms with Crippen LogP contribution in [-0.2, 0) is 9.47 Å². The number of morpholine rings is 1. The van der Waals surface area contributed by atoms with Crippen molar-refractivity contribution in [3.05, 3.63) is 0 Å². The van der Waals surface area contributed by atoms with Crippen molar-refractivity contribution in [2.24, 2.45) is 0 Å². The molecule has 2 aliphatic rings. The molecule has 0 aromatic carbocycles. The Kier molecular flexibility index (Phi) is 2.41. The van der Waals surface area contributed by atoms with Gasteiger partial charge in [0.2, 0.25) is 0 Å². The maximum absolute atomic E-state index is 5.62. The second-order valence-electron chi connectivity index (χ2n) is 3.16. The van der Waals surface area contributed by atoms with Crippen LogP contribution in [0.5, 0.6) is 0 Å². The Morgan fingerprint density at radius 2 is 2.00 bits per heavy atom. The van der Waals surface area contributed by atoms with Gasteiger partial charge in [-0.05, 0) is 12.8 Å². The van der Waals surface area contributed by atoms with E-state index in [4.69, 9.17) is 9.47 Å². The second kappa shape index (κ2) is 3.52. The molecule has 0 saturated carbocycles. The summed E-state index contributed by atoms with van der Waals surface area (Å²) >= 11 is 0. The van der Waals surface area contributed by atoms with Crippen molar-refractivity contribution in [2.75, 3.05) is 26.4 Å². The van der Waals surface area contributed by atoms with Crippen LogP contribution in [0.25, 0.3) is 0 Å². The van der Waals surface area contributed by atoms with Gasteiger partial charge in [0.05, 0.1) is 12.7 Å². The molecule has 64 valence electrons. The number of hydrogen-bond acceptors (Lipinski definition) is 3. The van der Waals surface area contributed by atoms with E-state index in [0.29, 0.717) is 12.1 Å². The van der Waals surface area contributed by atoms with E-state index in [1.807, 2.05) is 0 Å². The van der Waals surface area contributed by atoms with E-state index in [2.05, 4.69) is 5.32 Å². The summed E-state index contributed by atoms with van der Waals surface area (Å²) in [5.41, 5.74) is 0. The molecule has 3 nitrogen and oxygen atoms in total. The molecule has 2 unspecified atom stereocenters. The van der Waals surface area contributed by atoms with Crippen molar-refractivity contribution in [1.29, 1.82) is 0 Å². The van der Waals surface area contributed by atoms with Crippen LogP contribution in [0.1, 0.15) is 12.8 Å². The normalized spacial score (nSPS) is 39.3. The van der Waals surface area contributed by atoms with Crippen LogP contribution in [0.15, 0.2) is 0 Å². The smallest absolute Gasteiger partial charge is 0.0751 e. The Balaban J connectivity index is 1.93. The monoisotopic (exact) mass is 157 g/mol. The van der Waals surface area contributed by atoms with Gasteiger partial charge in [-0.3, -0.25) is 0 Å². The first-order valence-corrected chi connectivity index (χ1v) is 4.39. The summed E-state index contributed by atoms with van der Waals surface area (Å²) in [6.07, 6.45) is 2.56. The Labute approximate surface area is 67.1 Å². The highest BCUT2D eigenvalue weighted by molar-refractivity contribution is 4.82. The summed E-state index contributed by atoms with van der Waals surface area (Å²) in [6, 6.07) is 0.547. The van der Waals surface area contributed by atoms with Gasteiger partial charge < -0.3 is 14.8 Å². The predicted molar refractivity (Wildman–Crippen MR) is 41.6 cm³/mol. The van der Waals surface area contributed by atoms with Crippen molar-refractivity contribution in [1.82, 2.24) is 5.32 Å². The zero-order chi connectivity index (χ0) is 7.52. The molecule has 0 bridgehead atoms. The highest BCUT2D eigenvalue weighted by atomic mass is 16.5. The van der Waals surface area contributed by atoms with E-state index in [1.165, 1.54) is 0 Å². The highest BCUT2D eigenvalue weighted by Gasteiger charge is 2.26. The summed E-state index contributed by atoms with van der Waals surface area (Å²) in [5.74, 6) is 0. The molecule has 2 aliphatic heterocycles. The third-order valence-electron chi connectivity index (χ3n) is 2.41. The van der Waals surface area contributed by atoms with Gasteiger partial charge in [0, 0.05) is 25.8 Å². The Morgan fingerprint density at radius 3 is 3.00 bits per heavy atom. The molecule has 1 N–H and O–H groups in total. The molecule has 0 aliphatic carbocycles. The molecule has 0 spiro atoms. The average molecular weight is 157 g/mol. The fraction of sp³-hybridized carbons (Fsp3) is 1.00. The lowest BCUT2D eigenvalue weighted by Gasteiger charge is -2.30.